The molecule has 1 amide bonds. The molecule has 4 nitrogen and oxygen atoms in total. The van der Waals surface area contributed by atoms with E-state index < -0.39 is 17.3 Å². The minimum atomic E-state index is -1.08. The van der Waals surface area contributed by atoms with Gasteiger partial charge in [0.1, 0.15) is 11.8 Å². The Hall–Kier alpha value is -0.840. The maximum Gasteiger partial charge on any atom is 0.411 e. The number of hydrogen-bond donors (Lipinski definition) is 1. The number of nitrogens with one attached hydrogen (secondary N) is 1. The number of hydrogen-bond acceptors (Lipinski definition) is 3. The zero-order valence-corrected chi connectivity index (χ0v) is 14.1. The van der Waals surface area contributed by atoms with E-state index in [9.17, 15) is 4.79 Å². The molecule has 2 bridgehead atoms. The molecule has 1 N–H and O–H groups in total. The predicted octanol–water partition coefficient (Wildman–Crippen LogP) is 3.25. The molecule has 2 saturated heterocycles. The summed E-state index contributed by atoms with van der Waals surface area (Å²) >= 11 is 0. The molecule has 0 aromatic rings. The van der Waals surface area contributed by atoms with E-state index in [1.54, 1.807) is 11.9 Å². The van der Waals surface area contributed by atoms with Gasteiger partial charge in [0, 0.05) is 11.6 Å². The van der Waals surface area contributed by atoms with Gasteiger partial charge >= 0.3 is 6.09 Å². The average Bonchev–Trinajstić information content (AvgIpc) is 2.31. The molecule has 0 aromatic heterocycles. The van der Waals surface area contributed by atoms with Crippen molar-refractivity contribution in [1.29, 1.82) is 0 Å². The molecule has 0 aromatic carbocycles. The molecule has 2 fully saturated rings. The molecule has 2 aliphatic heterocycles. The smallest absolute Gasteiger partial charge is 0.411 e. The molecule has 0 saturated carbocycles. The van der Waals surface area contributed by atoms with E-state index in [0.29, 0.717) is 12.8 Å². The summed E-state index contributed by atoms with van der Waals surface area (Å²) in [6.45, 7) is 9.46. The zero-order valence-electron chi connectivity index (χ0n) is 14.1. The van der Waals surface area contributed by atoms with Crippen molar-refractivity contribution in [3.8, 4) is 0 Å². The first-order chi connectivity index (χ1) is 9.53. The van der Waals surface area contributed by atoms with Crippen molar-refractivity contribution in [1.82, 2.24) is 10.2 Å². The van der Waals surface area contributed by atoms with E-state index in [0.717, 1.165) is 12.8 Å². The molecule has 5 heteroatoms. The van der Waals surface area contributed by atoms with Crippen molar-refractivity contribution in [2.75, 3.05) is 7.05 Å². The number of carbonyl (C=O) groups is 1. The largest absolute Gasteiger partial charge is 0.444 e. The zero-order chi connectivity index (χ0) is 16.1. The van der Waals surface area contributed by atoms with Crippen molar-refractivity contribution >= 4 is 6.09 Å². The minimum Gasteiger partial charge on any atom is -0.444 e. The van der Waals surface area contributed by atoms with Crippen LogP contribution >= 0.6 is 0 Å². The second kappa shape index (κ2) is 5.11. The second-order valence-corrected chi connectivity index (χ2v) is 8.02. The van der Waals surface area contributed by atoms with Crippen LogP contribution in [0.25, 0.3) is 0 Å². The van der Waals surface area contributed by atoms with Gasteiger partial charge in [-0.05, 0) is 67.3 Å². The van der Waals surface area contributed by atoms with Gasteiger partial charge in [0.25, 0.3) is 0 Å². The lowest BCUT2D eigenvalue weighted by Gasteiger charge is -2.61. The molecule has 21 heavy (non-hydrogen) atoms. The van der Waals surface area contributed by atoms with Crippen LogP contribution in [-0.4, -0.2) is 46.9 Å². The number of carbonyl (C=O) groups excluding carboxylic acids is 1. The van der Waals surface area contributed by atoms with Gasteiger partial charge in [0.15, 0.2) is 0 Å². The van der Waals surface area contributed by atoms with E-state index in [1.807, 2.05) is 27.7 Å². The highest BCUT2D eigenvalue weighted by Crippen LogP contribution is 2.49. The summed E-state index contributed by atoms with van der Waals surface area (Å²) in [7, 11) is 1.79. The first-order valence-corrected chi connectivity index (χ1v) is 7.88. The summed E-state index contributed by atoms with van der Waals surface area (Å²) in [5.74, 6) is 0. The standard InChI is InChI=1S/C16H29FN2O2/c1-14(2,3)21-13(20)19-15(4)8-7-9-16(19,5)12(17)11(10-15)18-6/h11-12,18H,7-10H2,1-6H3/t11-,12-,15-,16+/m1/s1. The van der Waals surface area contributed by atoms with E-state index in [4.69, 9.17) is 4.74 Å². The van der Waals surface area contributed by atoms with Crippen molar-refractivity contribution in [2.45, 2.75) is 89.2 Å². The number of alkyl halides is 1. The van der Waals surface area contributed by atoms with E-state index >= 15 is 4.39 Å². The van der Waals surface area contributed by atoms with Crippen LogP contribution in [0.3, 0.4) is 0 Å². The van der Waals surface area contributed by atoms with Gasteiger partial charge in [-0.1, -0.05) is 0 Å². The maximum absolute atomic E-state index is 15.0. The van der Waals surface area contributed by atoms with E-state index in [1.165, 1.54) is 0 Å². The number of amides is 1. The maximum atomic E-state index is 15.0. The summed E-state index contributed by atoms with van der Waals surface area (Å²) < 4.78 is 20.6. The lowest BCUT2D eigenvalue weighted by molar-refractivity contribution is -0.130. The Balaban J connectivity index is 2.37. The lowest BCUT2D eigenvalue weighted by atomic mass is 9.66. The van der Waals surface area contributed by atoms with Crippen LogP contribution in [0, 0.1) is 0 Å². The molecular weight excluding hydrogens is 271 g/mol. The number of piperidine rings is 2. The van der Waals surface area contributed by atoms with E-state index in [2.05, 4.69) is 12.2 Å². The molecule has 0 spiro atoms. The number of rotatable bonds is 1. The summed E-state index contributed by atoms with van der Waals surface area (Å²) in [4.78, 5) is 14.4. The highest BCUT2D eigenvalue weighted by Gasteiger charge is 2.60. The van der Waals surface area contributed by atoms with Crippen LogP contribution in [0.2, 0.25) is 0 Å². The fourth-order valence-electron chi connectivity index (χ4n) is 4.12. The second-order valence-electron chi connectivity index (χ2n) is 8.02. The Morgan fingerprint density at radius 2 is 1.95 bits per heavy atom. The molecule has 2 aliphatic rings. The summed E-state index contributed by atoms with van der Waals surface area (Å²) in [6, 6.07) is -0.209. The van der Waals surface area contributed by atoms with Gasteiger partial charge in [0.2, 0.25) is 0 Å². The van der Waals surface area contributed by atoms with Crippen LogP contribution in [-0.2, 0) is 4.74 Å². The van der Waals surface area contributed by atoms with Crippen molar-refractivity contribution in [3.63, 3.8) is 0 Å². The molecule has 2 heterocycles. The average molecular weight is 300 g/mol. The first-order valence-electron chi connectivity index (χ1n) is 7.88. The Morgan fingerprint density at radius 1 is 1.33 bits per heavy atom. The number of ether oxygens (including phenoxy) is 1. The van der Waals surface area contributed by atoms with Crippen LogP contribution < -0.4 is 5.32 Å². The van der Waals surface area contributed by atoms with Crippen LogP contribution in [0.4, 0.5) is 9.18 Å². The third-order valence-corrected chi connectivity index (χ3v) is 5.00. The molecular formula is C16H29FN2O2. The van der Waals surface area contributed by atoms with Gasteiger partial charge in [-0.3, -0.25) is 4.90 Å². The van der Waals surface area contributed by atoms with Gasteiger partial charge in [-0.15, -0.1) is 0 Å². The molecule has 4 atom stereocenters. The third-order valence-electron chi connectivity index (χ3n) is 5.00. The normalized spacial score (nSPS) is 40.0. The van der Waals surface area contributed by atoms with Crippen molar-refractivity contribution < 1.29 is 13.9 Å². The molecule has 2 rings (SSSR count). The van der Waals surface area contributed by atoms with Gasteiger partial charge in [0.05, 0.1) is 5.54 Å². The Bertz CT molecular complexity index is 423. The van der Waals surface area contributed by atoms with Crippen LogP contribution in [0.1, 0.15) is 60.3 Å². The summed E-state index contributed by atoms with van der Waals surface area (Å²) in [5.41, 5.74) is -1.70. The fourth-order valence-corrected chi connectivity index (χ4v) is 4.12. The van der Waals surface area contributed by atoms with Gasteiger partial charge < -0.3 is 10.1 Å². The molecule has 0 unspecified atom stereocenters. The monoisotopic (exact) mass is 300 g/mol. The van der Waals surface area contributed by atoms with Gasteiger partial charge in [-0.2, -0.15) is 0 Å². The molecule has 122 valence electrons. The van der Waals surface area contributed by atoms with Crippen molar-refractivity contribution in [2.24, 2.45) is 0 Å². The Labute approximate surface area is 127 Å². The Morgan fingerprint density at radius 3 is 2.48 bits per heavy atom. The van der Waals surface area contributed by atoms with Crippen LogP contribution in [0.15, 0.2) is 0 Å². The predicted molar refractivity (Wildman–Crippen MR) is 81.1 cm³/mol. The summed E-state index contributed by atoms with van der Waals surface area (Å²) in [5, 5.41) is 3.09. The molecule has 0 radical (unpaired) electrons. The topological polar surface area (TPSA) is 41.6 Å². The Kier molecular flexibility index (Phi) is 4.02. The molecule has 0 aliphatic carbocycles. The number of fused-ring (bicyclic) bond motifs is 2. The SMILES string of the molecule is CN[C@@H]1C[C@@]2(C)CCC[C@@](C)([C@@H]1F)N2C(=O)OC(C)(C)C. The highest BCUT2D eigenvalue weighted by molar-refractivity contribution is 5.71. The highest BCUT2D eigenvalue weighted by atomic mass is 19.1. The van der Waals surface area contributed by atoms with Gasteiger partial charge in [-0.25, -0.2) is 9.18 Å². The summed E-state index contributed by atoms with van der Waals surface area (Å²) in [6.07, 6.45) is 1.68. The first kappa shape index (κ1) is 16.5. The van der Waals surface area contributed by atoms with E-state index in [-0.39, 0.29) is 17.7 Å². The quantitative estimate of drug-likeness (QED) is 0.808. The van der Waals surface area contributed by atoms with Crippen molar-refractivity contribution in [3.05, 3.63) is 0 Å². The third kappa shape index (κ3) is 2.77. The number of halogens is 1. The minimum absolute atomic E-state index is 0.209. The number of nitrogens with zero attached hydrogens (tertiary/aromatic N) is 1. The lowest BCUT2D eigenvalue weighted by Crippen LogP contribution is -2.75. The fraction of sp³-hybridized carbons (Fsp3) is 0.938. The van der Waals surface area contributed by atoms with Crippen LogP contribution in [0.5, 0.6) is 0 Å².